The maximum Gasteiger partial charge on any atom is 0.407 e. The molecule has 0 fully saturated rings. The Kier molecular flexibility index (Phi) is 7.87. The maximum absolute atomic E-state index is 11.9. The van der Waals surface area contributed by atoms with Crippen molar-refractivity contribution in [3.63, 3.8) is 0 Å². The van der Waals surface area contributed by atoms with Crippen LogP contribution in [0.25, 0.3) is 0 Å². The predicted molar refractivity (Wildman–Crippen MR) is 86.7 cm³/mol. The lowest BCUT2D eigenvalue weighted by molar-refractivity contribution is -0.145. The molecule has 0 radical (unpaired) electrons. The van der Waals surface area contributed by atoms with E-state index in [9.17, 15) is 9.59 Å². The number of nitrogens with one attached hydrogen (secondary N) is 2. The Morgan fingerprint density at radius 1 is 1.09 bits per heavy atom. The van der Waals surface area contributed by atoms with Crippen LogP contribution in [0.15, 0.2) is 0 Å². The highest BCUT2D eigenvalue weighted by Gasteiger charge is 2.29. The lowest BCUT2D eigenvalue weighted by atomic mass is 9.86. The number of carbonyl (C=O) groups excluding carboxylic acids is 2. The van der Waals surface area contributed by atoms with Crippen molar-refractivity contribution in [2.45, 2.75) is 73.1 Å². The van der Waals surface area contributed by atoms with Crippen LogP contribution in [0.5, 0.6) is 0 Å². The van der Waals surface area contributed by atoms with Crippen LogP contribution in [-0.2, 0) is 14.3 Å². The molecule has 22 heavy (non-hydrogen) atoms. The second kappa shape index (κ2) is 8.36. The smallest absolute Gasteiger partial charge is 0.407 e. The minimum Gasteiger partial charge on any atom is -0.465 e. The van der Waals surface area contributed by atoms with E-state index < -0.39 is 17.7 Å². The van der Waals surface area contributed by atoms with E-state index in [-0.39, 0.29) is 17.4 Å². The van der Waals surface area contributed by atoms with Gasteiger partial charge in [0, 0.05) is 12.6 Å². The van der Waals surface area contributed by atoms with Crippen LogP contribution < -0.4 is 10.6 Å². The molecule has 6 heteroatoms. The molecule has 0 aromatic rings. The number of hydrogen-bond acceptors (Lipinski definition) is 5. The molecule has 1 amide bonds. The zero-order chi connectivity index (χ0) is 17.6. The molecule has 0 saturated heterocycles. The van der Waals surface area contributed by atoms with Crippen LogP contribution in [0.3, 0.4) is 0 Å². The van der Waals surface area contributed by atoms with Gasteiger partial charge in [-0.1, -0.05) is 20.8 Å². The van der Waals surface area contributed by atoms with Gasteiger partial charge >= 0.3 is 12.1 Å². The highest BCUT2D eigenvalue weighted by molar-refractivity contribution is 5.75. The Morgan fingerprint density at radius 3 is 2.05 bits per heavy atom. The van der Waals surface area contributed by atoms with E-state index in [4.69, 9.17) is 9.47 Å². The molecule has 6 nitrogen and oxygen atoms in total. The van der Waals surface area contributed by atoms with Gasteiger partial charge in [0.15, 0.2) is 0 Å². The monoisotopic (exact) mass is 316 g/mol. The third-order valence-corrected chi connectivity index (χ3v) is 3.00. The summed E-state index contributed by atoms with van der Waals surface area (Å²) in [6.07, 6.45) is -0.460. The summed E-state index contributed by atoms with van der Waals surface area (Å²) < 4.78 is 10.2. The summed E-state index contributed by atoms with van der Waals surface area (Å²) in [7, 11) is 0. The number of hydrogen-bond donors (Lipinski definition) is 2. The Morgan fingerprint density at radius 2 is 1.64 bits per heavy atom. The van der Waals surface area contributed by atoms with Gasteiger partial charge in [-0.25, -0.2) is 4.79 Å². The molecule has 0 aliphatic rings. The zero-order valence-corrected chi connectivity index (χ0v) is 15.2. The second-order valence-corrected chi connectivity index (χ2v) is 7.45. The molecule has 0 unspecified atom stereocenters. The molecular weight excluding hydrogens is 284 g/mol. The number of rotatable bonds is 6. The average molecular weight is 316 g/mol. The van der Waals surface area contributed by atoms with Gasteiger partial charge in [-0.2, -0.15) is 0 Å². The van der Waals surface area contributed by atoms with Gasteiger partial charge < -0.3 is 20.1 Å². The summed E-state index contributed by atoms with van der Waals surface area (Å²) in [6, 6.07) is -0.607. The highest BCUT2D eigenvalue weighted by atomic mass is 16.6. The molecule has 130 valence electrons. The molecule has 0 saturated carbocycles. The minimum absolute atomic E-state index is 0.181. The molecule has 0 aromatic heterocycles. The molecule has 0 aliphatic heterocycles. The zero-order valence-electron chi connectivity index (χ0n) is 15.2. The molecule has 0 heterocycles. The van der Waals surface area contributed by atoms with E-state index in [1.165, 1.54) is 0 Å². The van der Waals surface area contributed by atoms with Crippen molar-refractivity contribution in [1.82, 2.24) is 10.6 Å². The quantitative estimate of drug-likeness (QED) is 0.736. The van der Waals surface area contributed by atoms with Gasteiger partial charge in [-0.15, -0.1) is 0 Å². The van der Waals surface area contributed by atoms with E-state index in [1.807, 2.05) is 41.5 Å². The normalized spacial score (nSPS) is 14.9. The van der Waals surface area contributed by atoms with Crippen LogP contribution in [0.2, 0.25) is 0 Å². The first-order valence-corrected chi connectivity index (χ1v) is 7.76. The van der Waals surface area contributed by atoms with E-state index in [1.54, 1.807) is 13.8 Å². The third kappa shape index (κ3) is 8.87. The summed E-state index contributed by atoms with van der Waals surface area (Å²) in [4.78, 5) is 23.6. The van der Waals surface area contributed by atoms with Gasteiger partial charge in [0.1, 0.15) is 11.6 Å². The second-order valence-electron chi connectivity index (χ2n) is 7.45. The third-order valence-electron chi connectivity index (χ3n) is 3.00. The fourth-order valence-electron chi connectivity index (χ4n) is 1.67. The van der Waals surface area contributed by atoms with E-state index in [0.29, 0.717) is 13.2 Å². The number of alkyl carbamates (subject to hydrolysis) is 1. The van der Waals surface area contributed by atoms with Crippen molar-refractivity contribution in [2.75, 3.05) is 13.2 Å². The summed E-state index contributed by atoms with van der Waals surface area (Å²) in [6.45, 7) is 15.8. The van der Waals surface area contributed by atoms with Crippen molar-refractivity contribution in [2.24, 2.45) is 5.41 Å². The van der Waals surface area contributed by atoms with E-state index in [0.717, 1.165) is 0 Å². The molecular formula is C16H32N2O4. The number of carbonyl (C=O) groups is 2. The van der Waals surface area contributed by atoms with Gasteiger partial charge in [0.05, 0.1) is 6.61 Å². The molecule has 2 atom stereocenters. The van der Waals surface area contributed by atoms with Gasteiger partial charge in [-0.05, 0) is 40.0 Å². The van der Waals surface area contributed by atoms with Crippen molar-refractivity contribution < 1.29 is 19.1 Å². The minimum atomic E-state index is -0.543. The number of esters is 1. The first-order valence-electron chi connectivity index (χ1n) is 7.76. The van der Waals surface area contributed by atoms with Crippen LogP contribution in [-0.4, -0.2) is 42.9 Å². The van der Waals surface area contributed by atoms with E-state index in [2.05, 4.69) is 10.6 Å². The average Bonchev–Trinajstić information content (AvgIpc) is 2.30. The summed E-state index contributed by atoms with van der Waals surface area (Å²) >= 11 is 0. The van der Waals surface area contributed by atoms with Crippen molar-refractivity contribution in [3.8, 4) is 0 Å². The Labute approximate surface area is 134 Å². The molecule has 2 N–H and O–H groups in total. The van der Waals surface area contributed by atoms with Crippen LogP contribution >= 0.6 is 0 Å². The fraction of sp³-hybridized carbons (Fsp3) is 0.875. The lowest BCUT2D eigenvalue weighted by Crippen LogP contribution is -2.53. The Balaban J connectivity index is 4.61. The molecule has 0 rings (SSSR count). The number of ether oxygens (including phenoxy) is 2. The fourth-order valence-corrected chi connectivity index (χ4v) is 1.67. The van der Waals surface area contributed by atoms with Crippen molar-refractivity contribution >= 4 is 12.1 Å². The molecule has 0 aliphatic carbocycles. The van der Waals surface area contributed by atoms with Gasteiger partial charge in [0.2, 0.25) is 0 Å². The topological polar surface area (TPSA) is 76.7 Å². The van der Waals surface area contributed by atoms with Gasteiger partial charge in [-0.3, -0.25) is 4.79 Å². The summed E-state index contributed by atoms with van der Waals surface area (Å²) in [5.41, 5.74) is -0.726. The Hall–Kier alpha value is -1.30. The SMILES string of the molecule is CCOC(=O)[C@H](C)NC[C@@H](NC(=O)OC(C)(C)C)C(C)(C)C. The molecule has 0 bridgehead atoms. The summed E-state index contributed by atoms with van der Waals surface area (Å²) in [5, 5.41) is 5.96. The molecule has 0 spiro atoms. The van der Waals surface area contributed by atoms with Crippen LogP contribution in [0.4, 0.5) is 4.79 Å². The van der Waals surface area contributed by atoms with Crippen molar-refractivity contribution in [3.05, 3.63) is 0 Å². The standard InChI is InChI=1S/C16H32N2O4/c1-9-21-13(19)11(2)17-10-12(15(3,4)5)18-14(20)22-16(6,7)8/h11-12,17H,9-10H2,1-8H3,(H,18,20)/t11-,12+/m0/s1. The molecule has 0 aromatic carbocycles. The largest absolute Gasteiger partial charge is 0.465 e. The van der Waals surface area contributed by atoms with Gasteiger partial charge in [0.25, 0.3) is 0 Å². The van der Waals surface area contributed by atoms with E-state index >= 15 is 0 Å². The lowest BCUT2D eigenvalue weighted by Gasteiger charge is -2.33. The first-order chi connectivity index (χ1) is 9.86. The maximum atomic E-state index is 11.9. The van der Waals surface area contributed by atoms with Crippen LogP contribution in [0, 0.1) is 5.41 Å². The Bertz CT molecular complexity index is 369. The van der Waals surface area contributed by atoms with Crippen molar-refractivity contribution in [1.29, 1.82) is 0 Å². The highest BCUT2D eigenvalue weighted by Crippen LogP contribution is 2.19. The summed E-state index contributed by atoms with van der Waals surface area (Å²) in [5.74, 6) is -0.299. The number of amides is 1. The van der Waals surface area contributed by atoms with Crippen LogP contribution in [0.1, 0.15) is 55.4 Å². The first kappa shape index (κ1) is 20.7. The predicted octanol–water partition coefficient (Wildman–Crippen LogP) is 2.47.